The van der Waals surface area contributed by atoms with Gasteiger partial charge < -0.3 is 4.57 Å². The fraction of sp³-hybridized carbons (Fsp3) is 0.263. The van der Waals surface area contributed by atoms with E-state index in [0.717, 1.165) is 26.9 Å². The summed E-state index contributed by atoms with van der Waals surface area (Å²) in [6.07, 6.45) is 0. The molecule has 0 saturated heterocycles. The lowest BCUT2D eigenvalue weighted by Crippen LogP contribution is -2.19. The summed E-state index contributed by atoms with van der Waals surface area (Å²) < 4.78 is 27.8. The van der Waals surface area contributed by atoms with Crippen LogP contribution in [-0.2, 0) is 21.7 Å². The van der Waals surface area contributed by atoms with Crippen molar-refractivity contribution < 1.29 is 13.2 Å². The quantitative estimate of drug-likeness (QED) is 0.692. The van der Waals surface area contributed by atoms with E-state index in [1.165, 1.54) is 23.5 Å². The molecule has 0 atom stereocenters. The smallest absolute Gasteiger partial charge is 0.263 e. The number of sulfone groups is 1. The average Bonchev–Trinajstić information content (AvgIpc) is 2.89. The summed E-state index contributed by atoms with van der Waals surface area (Å²) in [5.41, 5.74) is 4.17. The molecular formula is C19H20N2O3S2. The van der Waals surface area contributed by atoms with Crippen molar-refractivity contribution in [1.82, 2.24) is 4.57 Å². The Morgan fingerprint density at radius 3 is 2.27 bits per heavy atom. The maximum Gasteiger partial charge on any atom is 0.263 e. The number of nitrogens with zero attached hydrogens (tertiary/aromatic N) is 2. The number of hydrogen-bond acceptors (Lipinski definition) is 4. The van der Waals surface area contributed by atoms with Crippen molar-refractivity contribution in [3.8, 4) is 0 Å². The maximum atomic E-state index is 12.4. The second kappa shape index (κ2) is 6.81. The summed E-state index contributed by atoms with van der Waals surface area (Å²) in [4.78, 5) is 17.0. The van der Waals surface area contributed by atoms with Gasteiger partial charge in [0.15, 0.2) is 14.6 Å². The van der Waals surface area contributed by atoms with E-state index in [2.05, 4.69) is 4.99 Å². The standard InChI is InChI=1S/C19H20N2O3S2/c1-12-5-9-15(10-6-12)26(23,24)11-16(22)20-19-21(4)17-13(2)7-8-14(3)18(17)25-19/h5-10H,11H2,1-4H3. The third-order valence-corrected chi connectivity index (χ3v) is 7.14. The van der Waals surface area contributed by atoms with E-state index < -0.39 is 21.5 Å². The number of fused-ring (bicyclic) bond motifs is 1. The molecule has 0 bridgehead atoms. The van der Waals surface area contributed by atoms with Crippen LogP contribution >= 0.6 is 11.3 Å². The average molecular weight is 389 g/mol. The van der Waals surface area contributed by atoms with Crippen LogP contribution in [0.1, 0.15) is 16.7 Å². The Hall–Kier alpha value is -2.25. The highest BCUT2D eigenvalue weighted by Gasteiger charge is 2.19. The molecule has 7 heteroatoms. The van der Waals surface area contributed by atoms with E-state index in [0.29, 0.717) is 4.80 Å². The second-order valence-corrected chi connectivity index (χ2v) is 9.37. The first-order chi connectivity index (χ1) is 12.2. The summed E-state index contributed by atoms with van der Waals surface area (Å²) in [6.45, 7) is 5.88. The van der Waals surface area contributed by atoms with Crippen LogP contribution in [0.15, 0.2) is 46.3 Å². The van der Waals surface area contributed by atoms with Crippen LogP contribution in [0.25, 0.3) is 10.2 Å². The van der Waals surface area contributed by atoms with Crippen LogP contribution in [0.2, 0.25) is 0 Å². The zero-order chi connectivity index (χ0) is 19.1. The van der Waals surface area contributed by atoms with Crippen molar-refractivity contribution in [2.75, 3.05) is 5.75 Å². The van der Waals surface area contributed by atoms with E-state index in [-0.39, 0.29) is 4.90 Å². The zero-order valence-electron chi connectivity index (χ0n) is 15.1. The normalized spacial score (nSPS) is 12.7. The van der Waals surface area contributed by atoms with Gasteiger partial charge in [-0.2, -0.15) is 4.99 Å². The fourth-order valence-electron chi connectivity index (χ4n) is 2.80. The molecular weight excluding hydrogens is 368 g/mol. The van der Waals surface area contributed by atoms with Crippen LogP contribution in [0.3, 0.4) is 0 Å². The molecule has 136 valence electrons. The molecule has 2 aromatic carbocycles. The minimum Gasteiger partial charge on any atom is -0.319 e. The molecule has 0 fully saturated rings. The number of amides is 1. The van der Waals surface area contributed by atoms with Gasteiger partial charge in [-0.15, -0.1) is 0 Å². The monoisotopic (exact) mass is 388 g/mol. The largest absolute Gasteiger partial charge is 0.319 e. The third kappa shape index (κ3) is 3.50. The third-order valence-electron chi connectivity index (χ3n) is 4.26. The molecule has 3 rings (SSSR count). The van der Waals surface area contributed by atoms with E-state index >= 15 is 0 Å². The molecule has 5 nitrogen and oxygen atoms in total. The first-order valence-electron chi connectivity index (χ1n) is 8.12. The Bertz CT molecular complexity index is 1170. The molecule has 0 spiro atoms. The van der Waals surface area contributed by atoms with Gasteiger partial charge in [-0.3, -0.25) is 4.79 Å². The Morgan fingerprint density at radius 2 is 1.65 bits per heavy atom. The molecule has 0 aliphatic carbocycles. The lowest BCUT2D eigenvalue weighted by Gasteiger charge is -2.03. The molecule has 0 radical (unpaired) electrons. The molecule has 26 heavy (non-hydrogen) atoms. The first-order valence-corrected chi connectivity index (χ1v) is 10.6. The number of aromatic nitrogens is 1. The number of thiazole rings is 1. The number of hydrogen-bond donors (Lipinski definition) is 0. The van der Waals surface area contributed by atoms with Crippen molar-refractivity contribution in [3.05, 3.63) is 57.9 Å². The Balaban J connectivity index is 1.98. The van der Waals surface area contributed by atoms with E-state index in [1.807, 2.05) is 44.5 Å². The summed E-state index contributed by atoms with van der Waals surface area (Å²) >= 11 is 1.40. The molecule has 0 N–H and O–H groups in total. The molecule has 3 aromatic rings. The lowest BCUT2D eigenvalue weighted by atomic mass is 10.1. The fourth-order valence-corrected chi connectivity index (χ4v) is 5.09. The summed E-state index contributed by atoms with van der Waals surface area (Å²) in [7, 11) is -1.86. The molecule has 1 aromatic heterocycles. The highest BCUT2D eigenvalue weighted by Crippen LogP contribution is 2.24. The summed E-state index contributed by atoms with van der Waals surface area (Å²) in [5.74, 6) is -1.30. The van der Waals surface area contributed by atoms with Gasteiger partial charge in [0.1, 0.15) is 5.75 Å². The van der Waals surface area contributed by atoms with Crippen LogP contribution in [0, 0.1) is 20.8 Å². The molecule has 1 amide bonds. The maximum absolute atomic E-state index is 12.4. The summed E-state index contributed by atoms with van der Waals surface area (Å²) in [6, 6.07) is 10.5. The Labute approximate surface area is 156 Å². The van der Waals surface area contributed by atoms with Gasteiger partial charge in [0, 0.05) is 7.05 Å². The lowest BCUT2D eigenvalue weighted by molar-refractivity contribution is -0.115. The number of carbonyl (C=O) groups excluding carboxylic acids is 1. The van der Waals surface area contributed by atoms with Crippen LogP contribution in [0.5, 0.6) is 0 Å². The molecule has 1 heterocycles. The summed E-state index contributed by atoms with van der Waals surface area (Å²) in [5, 5.41) is 0. The molecule has 0 saturated carbocycles. The van der Waals surface area contributed by atoms with Crippen molar-refractivity contribution in [3.63, 3.8) is 0 Å². The van der Waals surface area contributed by atoms with Gasteiger partial charge in [0.25, 0.3) is 5.91 Å². The van der Waals surface area contributed by atoms with Gasteiger partial charge in [-0.25, -0.2) is 8.42 Å². The van der Waals surface area contributed by atoms with Crippen molar-refractivity contribution in [2.45, 2.75) is 25.7 Å². The molecule has 0 unspecified atom stereocenters. The first kappa shape index (κ1) is 18.5. The Morgan fingerprint density at radius 1 is 1.04 bits per heavy atom. The number of aryl methyl sites for hydroxylation is 4. The topological polar surface area (TPSA) is 68.5 Å². The van der Waals surface area contributed by atoms with Crippen LogP contribution in [-0.4, -0.2) is 24.6 Å². The van der Waals surface area contributed by atoms with E-state index in [9.17, 15) is 13.2 Å². The predicted molar refractivity (Wildman–Crippen MR) is 104 cm³/mol. The SMILES string of the molecule is Cc1ccc(S(=O)(=O)CC(=O)N=c2sc3c(C)ccc(C)c3n2C)cc1. The molecule has 0 aliphatic heterocycles. The number of rotatable bonds is 3. The highest BCUT2D eigenvalue weighted by atomic mass is 32.2. The van der Waals surface area contributed by atoms with Crippen LogP contribution in [0.4, 0.5) is 0 Å². The van der Waals surface area contributed by atoms with Crippen molar-refractivity contribution in [1.29, 1.82) is 0 Å². The Kier molecular flexibility index (Phi) is 4.86. The highest BCUT2D eigenvalue weighted by molar-refractivity contribution is 7.92. The number of benzene rings is 2. The van der Waals surface area contributed by atoms with Crippen LogP contribution < -0.4 is 4.80 Å². The molecule has 0 aliphatic rings. The number of carbonyl (C=O) groups is 1. The minimum absolute atomic E-state index is 0.138. The van der Waals surface area contributed by atoms with Gasteiger partial charge >= 0.3 is 0 Å². The van der Waals surface area contributed by atoms with Crippen molar-refractivity contribution in [2.24, 2.45) is 12.0 Å². The van der Waals surface area contributed by atoms with Gasteiger partial charge in [-0.1, -0.05) is 41.2 Å². The van der Waals surface area contributed by atoms with E-state index in [4.69, 9.17) is 0 Å². The van der Waals surface area contributed by atoms with Gasteiger partial charge in [0.05, 0.1) is 15.1 Å². The minimum atomic E-state index is -3.70. The van der Waals surface area contributed by atoms with E-state index in [1.54, 1.807) is 12.1 Å². The van der Waals surface area contributed by atoms with Crippen molar-refractivity contribution >= 4 is 37.3 Å². The predicted octanol–water partition coefficient (Wildman–Crippen LogP) is 3.07. The zero-order valence-corrected chi connectivity index (χ0v) is 16.7. The van der Waals surface area contributed by atoms with Gasteiger partial charge in [-0.05, 0) is 44.0 Å². The second-order valence-electron chi connectivity index (χ2n) is 6.40. The van der Waals surface area contributed by atoms with Gasteiger partial charge in [0.2, 0.25) is 0 Å².